The number of hydrogen-bond donors (Lipinski definition) is 2. The van der Waals surface area contributed by atoms with Gasteiger partial charge in [0, 0.05) is 24.3 Å². The van der Waals surface area contributed by atoms with Gasteiger partial charge in [-0.05, 0) is 72.6 Å². The van der Waals surface area contributed by atoms with Gasteiger partial charge in [0.1, 0.15) is 11.9 Å². The Morgan fingerprint density at radius 2 is 1.74 bits per heavy atom. The fourth-order valence-electron chi connectivity index (χ4n) is 5.59. The summed E-state index contributed by atoms with van der Waals surface area (Å²) in [5.41, 5.74) is 1.000. The molecule has 0 bridgehead atoms. The number of ether oxygens (including phenoxy) is 3. The highest BCUT2D eigenvalue weighted by atomic mass is 32.2. The molecule has 9 nitrogen and oxygen atoms in total. The standard InChI is InChI=1S/C33H37F3N2O7S/c1-2-46(41,42)30-13-5-22(6-14-30)31(19-39)37-32(40)23-3-9-25(10-4-23)38-18-29(17-26(38)20-44-28-15-16-43-21-28)45-27-11-7-24(8-12-27)33(34,35)36/h3-14,26,28-29,31,39H,2,15-21H2,1H3,(H,37,40)/t26-,28?,29+,31-/m0/s1. The molecule has 1 unspecified atom stereocenters. The molecule has 0 aliphatic carbocycles. The number of rotatable bonds is 12. The van der Waals surface area contributed by atoms with Crippen molar-refractivity contribution >= 4 is 21.4 Å². The minimum absolute atomic E-state index is 0.00507. The molecule has 1 amide bonds. The van der Waals surface area contributed by atoms with Gasteiger partial charge in [-0.3, -0.25) is 4.79 Å². The Kier molecular flexibility index (Phi) is 10.6. The highest BCUT2D eigenvalue weighted by molar-refractivity contribution is 7.91. The van der Waals surface area contributed by atoms with Crippen molar-refractivity contribution in [1.82, 2.24) is 5.32 Å². The van der Waals surface area contributed by atoms with Gasteiger partial charge in [-0.1, -0.05) is 19.1 Å². The summed E-state index contributed by atoms with van der Waals surface area (Å²) in [7, 11) is -3.38. The topological polar surface area (TPSA) is 114 Å². The molecule has 2 aliphatic rings. The third kappa shape index (κ3) is 8.19. The Hall–Kier alpha value is -3.65. The van der Waals surface area contributed by atoms with Gasteiger partial charge < -0.3 is 29.5 Å². The lowest BCUT2D eigenvalue weighted by Gasteiger charge is -2.27. The number of aliphatic hydroxyl groups excluding tert-OH is 1. The Labute approximate surface area is 266 Å². The summed E-state index contributed by atoms with van der Waals surface area (Å²) in [6.07, 6.45) is -3.36. The Balaban J connectivity index is 1.26. The number of aliphatic hydroxyl groups is 1. The molecule has 2 heterocycles. The molecule has 46 heavy (non-hydrogen) atoms. The van der Waals surface area contributed by atoms with Crippen molar-refractivity contribution in [3.63, 3.8) is 0 Å². The second kappa shape index (κ2) is 14.4. The first-order chi connectivity index (χ1) is 22.0. The molecule has 2 aliphatic heterocycles. The summed E-state index contributed by atoms with van der Waals surface area (Å²) in [4.78, 5) is 15.4. The molecular formula is C33H37F3N2O7S. The summed E-state index contributed by atoms with van der Waals surface area (Å²) < 4.78 is 80.8. The van der Waals surface area contributed by atoms with E-state index in [9.17, 15) is 31.5 Å². The number of hydrogen-bond acceptors (Lipinski definition) is 8. The number of anilines is 1. The fraction of sp³-hybridized carbons (Fsp3) is 0.424. The van der Waals surface area contributed by atoms with E-state index in [2.05, 4.69) is 10.2 Å². The van der Waals surface area contributed by atoms with Crippen molar-refractivity contribution in [3.05, 3.63) is 89.5 Å². The molecule has 2 N–H and O–H groups in total. The van der Waals surface area contributed by atoms with Crippen molar-refractivity contribution in [2.75, 3.05) is 43.6 Å². The van der Waals surface area contributed by atoms with E-state index < -0.39 is 33.5 Å². The summed E-state index contributed by atoms with van der Waals surface area (Å²) >= 11 is 0. The summed E-state index contributed by atoms with van der Waals surface area (Å²) in [6, 6.07) is 16.8. The zero-order valence-electron chi connectivity index (χ0n) is 25.3. The Morgan fingerprint density at radius 1 is 1.04 bits per heavy atom. The van der Waals surface area contributed by atoms with Crippen LogP contribution in [0.3, 0.4) is 0 Å². The van der Waals surface area contributed by atoms with Crippen LogP contribution in [0.25, 0.3) is 0 Å². The molecule has 13 heteroatoms. The van der Waals surface area contributed by atoms with E-state index in [4.69, 9.17) is 14.2 Å². The summed E-state index contributed by atoms with van der Waals surface area (Å²) in [5.74, 6) is -0.103. The minimum Gasteiger partial charge on any atom is -0.489 e. The molecule has 3 aromatic rings. The van der Waals surface area contributed by atoms with Gasteiger partial charge in [-0.2, -0.15) is 13.2 Å². The SMILES string of the molecule is CCS(=O)(=O)c1ccc([C@H](CO)NC(=O)c2ccc(N3C[C@H](Oc4ccc(C(F)(F)F)cc4)C[C@H]3COC3CCOC3)cc2)cc1. The van der Waals surface area contributed by atoms with E-state index in [0.29, 0.717) is 49.7 Å². The van der Waals surface area contributed by atoms with E-state index in [1.165, 1.54) is 24.3 Å². The van der Waals surface area contributed by atoms with Crippen molar-refractivity contribution < 1.29 is 45.7 Å². The molecule has 2 fully saturated rings. The van der Waals surface area contributed by atoms with E-state index >= 15 is 0 Å². The number of carbonyl (C=O) groups excluding carboxylic acids is 1. The molecule has 0 aromatic heterocycles. The molecule has 0 saturated carbocycles. The van der Waals surface area contributed by atoms with Crippen molar-refractivity contribution in [2.24, 2.45) is 0 Å². The molecular weight excluding hydrogens is 625 g/mol. The van der Waals surface area contributed by atoms with Crippen LogP contribution in [-0.2, 0) is 25.5 Å². The Bertz CT molecular complexity index is 1560. The van der Waals surface area contributed by atoms with Crippen LogP contribution < -0.4 is 15.0 Å². The first kappa shape index (κ1) is 33.7. The lowest BCUT2D eigenvalue weighted by atomic mass is 10.1. The fourth-order valence-corrected chi connectivity index (χ4v) is 6.48. The lowest BCUT2D eigenvalue weighted by molar-refractivity contribution is -0.137. The maximum atomic E-state index is 13.1. The number of benzene rings is 3. The third-order valence-electron chi connectivity index (χ3n) is 8.24. The molecule has 5 rings (SSSR count). The van der Waals surface area contributed by atoms with Gasteiger partial charge in [0.05, 0.1) is 60.8 Å². The van der Waals surface area contributed by atoms with Gasteiger partial charge >= 0.3 is 6.18 Å². The van der Waals surface area contributed by atoms with Crippen LogP contribution in [0, 0.1) is 0 Å². The van der Waals surface area contributed by atoms with Crippen LogP contribution in [0.5, 0.6) is 5.75 Å². The molecule has 4 atom stereocenters. The number of amides is 1. The van der Waals surface area contributed by atoms with Crippen LogP contribution >= 0.6 is 0 Å². The zero-order valence-corrected chi connectivity index (χ0v) is 26.1. The monoisotopic (exact) mass is 662 g/mol. The van der Waals surface area contributed by atoms with Gasteiger partial charge in [0.15, 0.2) is 9.84 Å². The van der Waals surface area contributed by atoms with E-state index in [0.717, 1.165) is 24.2 Å². The molecule has 248 valence electrons. The number of carbonyl (C=O) groups is 1. The second-order valence-corrected chi connectivity index (χ2v) is 13.6. The summed E-state index contributed by atoms with van der Waals surface area (Å²) in [5, 5.41) is 12.7. The minimum atomic E-state index is -4.43. The predicted molar refractivity (Wildman–Crippen MR) is 165 cm³/mol. The number of sulfone groups is 1. The smallest absolute Gasteiger partial charge is 0.416 e. The van der Waals surface area contributed by atoms with Gasteiger partial charge in [-0.15, -0.1) is 0 Å². The van der Waals surface area contributed by atoms with Crippen molar-refractivity contribution in [2.45, 2.75) is 55.1 Å². The van der Waals surface area contributed by atoms with Crippen molar-refractivity contribution in [1.29, 1.82) is 0 Å². The predicted octanol–water partition coefficient (Wildman–Crippen LogP) is 4.79. The normalized spacial score (nSPS) is 20.9. The lowest BCUT2D eigenvalue weighted by Crippen LogP contribution is -2.35. The van der Waals surface area contributed by atoms with E-state index in [-0.39, 0.29) is 35.5 Å². The van der Waals surface area contributed by atoms with Crippen LogP contribution in [-0.4, -0.2) is 76.4 Å². The Morgan fingerprint density at radius 3 is 2.33 bits per heavy atom. The highest BCUT2D eigenvalue weighted by Crippen LogP contribution is 2.33. The number of alkyl halides is 3. The van der Waals surface area contributed by atoms with Gasteiger partial charge in [0.2, 0.25) is 0 Å². The van der Waals surface area contributed by atoms with Crippen LogP contribution in [0.15, 0.2) is 77.7 Å². The van der Waals surface area contributed by atoms with Gasteiger partial charge in [-0.25, -0.2) is 8.42 Å². The molecule has 0 spiro atoms. The molecule has 2 saturated heterocycles. The quantitative estimate of drug-likeness (QED) is 0.285. The first-order valence-corrected chi connectivity index (χ1v) is 16.8. The summed E-state index contributed by atoms with van der Waals surface area (Å²) in [6.45, 7) is 3.21. The second-order valence-electron chi connectivity index (χ2n) is 11.4. The highest BCUT2D eigenvalue weighted by Gasteiger charge is 2.35. The maximum Gasteiger partial charge on any atom is 0.416 e. The number of nitrogens with one attached hydrogen (secondary N) is 1. The third-order valence-corrected chi connectivity index (χ3v) is 9.99. The molecule has 0 radical (unpaired) electrons. The maximum absolute atomic E-state index is 13.1. The first-order valence-electron chi connectivity index (χ1n) is 15.1. The van der Waals surface area contributed by atoms with Gasteiger partial charge in [0.25, 0.3) is 5.91 Å². The average molecular weight is 663 g/mol. The van der Waals surface area contributed by atoms with Crippen LogP contribution in [0.4, 0.5) is 18.9 Å². The average Bonchev–Trinajstić information content (AvgIpc) is 3.72. The largest absolute Gasteiger partial charge is 0.489 e. The molecule has 3 aromatic carbocycles. The zero-order chi connectivity index (χ0) is 32.9. The van der Waals surface area contributed by atoms with E-state index in [1.54, 1.807) is 43.3 Å². The number of nitrogens with zero attached hydrogens (tertiary/aromatic N) is 1. The van der Waals surface area contributed by atoms with Crippen LogP contribution in [0.1, 0.15) is 47.3 Å². The van der Waals surface area contributed by atoms with E-state index in [1.807, 2.05) is 0 Å². The van der Waals surface area contributed by atoms with Crippen LogP contribution in [0.2, 0.25) is 0 Å². The number of halogens is 3. The van der Waals surface area contributed by atoms with Crippen molar-refractivity contribution in [3.8, 4) is 5.75 Å².